The lowest BCUT2D eigenvalue weighted by Gasteiger charge is -2.34. The zero-order valence-corrected chi connectivity index (χ0v) is 15.8. The SMILES string of the molecule is Cc1ccc(N2C(=O)C[C@H](N3CCC(Cc4ccccc4)CC3)C2=O)cc1. The first-order valence-corrected chi connectivity index (χ1v) is 9.83. The number of carbonyl (C=O) groups excluding carboxylic acids is 2. The fraction of sp³-hybridized carbons (Fsp3) is 0.391. The van der Waals surface area contributed by atoms with Gasteiger partial charge in [-0.2, -0.15) is 0 Å². The number of piperidine rings is 1. The predicted octanol–water partition coefficient (Wildman–Crippen LogP) is 3.58. The van der Waals surface area contributed by atoms with Crippen LogP contribution in [-0.2, 0) is 16.0 Å². The number of benzene rings is 2. The molecule has 1 atom stereocenters. The quantitative estimate of drug-likeness (QED) is 0.781. The second-order valence-corrected chi connectivity index (χ2v) is 7.79. The molecule has 0 saturated carbocycles. The maximum absolute atomic E-state index is 12.9. The normalized spacial score (nSPS) is 21.8. The molecular weight excluding hydrogens is 336 g/mol. The van der Waals surface area contributed by atoms with Crippen molar-refractivity contribution in [2.45, 2.75) is 38.6 Å². The maximum Gasteiger partial charge on any atom is 0.251 e. The molecule has 2 fully saturated rings. The molecule has 2 amide bonds. The fourth-order valence-corrected chi connectivity index (χ4v) is 4.28. The van der Waals surface area contributed by atoms with Gasteiger partial charge in [0.2, 0.25) is 5.91 Å². The first kappa shape index (κ1) is 17.9. The van der Waals surface area contributed by atoms with E-state index in [9.17, 15) is 9.59 Å². The van der Waals surface area contributed by atoms with E-state index in [4.69, 9.17) is 0 Å². The lowest BCUT2D eigenvalue weighted by Crippen LogP contribution is -2.46. The number of hydrogen-bond donors (Lipinski definition) is 0. The van der Waals surface area contributed by atoms with Gasteiger partial charge in [0.15, 0.2) is 0 Å². The summed E-state index contributed by atoms with van der Waals surface area (Å²) >= 11 is 0. The molecule has 140 valence electrons. The van der Waals surface area contributed by atoms with E-state index in [1.165, 1.54) is 10.5 Å². The van der Waals surface area contributed by atoms with Gasteiger partial charge in [0.05, 0.1) is 18.2 Å². The van der Waals surface area contributed by atoms with Gasteiger partial charge in [-0.25, -0.2) is 4.90 Å². The van der Waals surface area contributed by atoms with Gasteiger partial charge in [-0.3, -0.25) is 14.5 Å². The van der Waals surface area contributed by atoms with Gasteiger partial charge in [-0.05, 0) is 62.9 Å². The molecule has 0 bridgehead atoms. The fourth-order valence-electron chi connectivity index (χ4n) is 4.28. The Morgan fingerprint density at radius 3 is 2.26 bits per heavy atom. The van der Waals surface area contributed by atoms with Crippen molar-refractivity contribution in [2.75, 3.05) is 18.0 Å². The molecule has 4 heteroatoms. The molecule has 4 nitrogen and oxygen atoms in total. The van der Waals surface area contributed by atoms with Crippen molar-refractivity contribution in [3.8, 4) is 0 Å². The van der Waals surface area contributed by atoms with Crippen molar-refractivity contribution >= 4 is 17.5 Å². The van der Waals surface area contributed by atoms with Crippen LogP contribution in [0.25, 0.3) is 0 Å². The largest absolute Gasteiger partial charge is 0.292 e. The van der Waals surface area contributed by atoms with E-state index < -0.39 is 0 Å². The molecule has 0 radical (unpaired) electrons. The van der Waals surface area contributed by atoms with Crippen molar-refractivity contribution in [1.82, 2.24) is 4.90 Å². The summed E-state index contributed by atoms with van der Waals surface area (Å²) in [5, 5.41) is 0. The minimum Gasteiger partial charge on any atom is -0.292 e. The van der Waals surface area contributed by atoms with E-state index in [1.54, 1.807) is 0 Å². The second-order valence-electron chi connectivity index (χ2n) is 7.79. The van der Waals surface area contributed by atoms with E-state index in [2.05, 4.69) is 35.2 Å². The molecule has 2 aromatic rings. The molecule has 2 aromatic carbocycles. The maximum atomic E-state index is 12.9. The summed E-state index contributed by atoms with van der Waals surface area (Å²) < 4.78 is 0. The minimum absolute atomic E-state index is 0.0645. The van der Waals surface area contributed by atoms with E-state index in [0.717, 1.165) is 37.9 Å². The number of hydrogen-bond acceptors (Lipinski definition) is 3. The van der Waals surface area contributed by atoms with Crippen LogP contribution in [0, 0.1) is 12.8 Å². The number of carbonyl (C=O) groups is 2. The topological polar surface area (TPSA) is 40.6 Å². The van der Waals surface area contributed by atoms with Gasteiger partial charge in [0.1, 0.15) is 0 Å². The summed E-state index contributed by atoms with van der Waals surface area (Å²) in [5.41, 5.74) is 3.19. The second kappa shape index (κ2) is 7.65. The molecule has 27 heavy (non-hydrogen) atoms. The van der Waals surface area contributed by atoms with Gasteiger partial charge < -0.3 is 0 Å². The molecule has 2 heterocycles. The van der Waals surface area contributed by atoms with E-state index in [-0.39, 0.29) is 17.9 Å². The summed E-state index contributed by atoms with van der Waals surface area (Å²) in [7, 11) is 0. The molecule has 4 rings (SSSR count). The summed E-state index contributed by atoms with van der Waals surface area (Å²) in [6.45, 7) is 3.78. The molecule has 2 aliphatic rings. The smallest absolute Gasteiger partial charge is 0.251 e. The summed E-state index contributed by atoms with van der Waals surface area (Å²) in [5.74, 6) is 0.509. The van der Waals surface area contributed by atoms with Crippen LogP contribution in [0.1, 0.15) is 30.4 Å². The average molecular weight is 362 g/mol. The minimum atomic E-state index is -0.295. The van der Waals surface area contributed by atoms with Crippen LogP contribution in [0.5, 0.6) is 0 Å². The molecule has 2 aliphatic heterocycles. The molecule has 0 aromatic heterocycles. The number of anilines is 1. The Morgan fingerprint density at radius 2 is 1.59 bits per heavy atom. The van der Waals surface area contributed by atoms with Crippen LogP contribution in [0.3, 0.4) is 0 Å². The first-order chi connectivity index (χ1) is 13.1. The third-order valence-electron chi connectivity index (χ3n) is 5.87. The monoisotopic (exact) mass is 362 g/mol. The first-order valence-electron chi connectivity index (χ1n) is 9.83. The van der Waals surface area contributed by atoms with Crippen molar-refractivity contribution in [3.63, 3.8) is 0 Å². The number of aryl methyl sites for hydroxylation is 1. The van der Waals surface area contributed by atoms with Crippen molar-refractivity contribution in [1.29, 1.82) is 0 Å². The zero-order chi connectivity index (χ0) is 18.8. The molecule has 0 aliphatic carbocycles. The Morgan fingerprint density at radius 1 is 0.926 bits per heavy atom. The number of imide groups is 1. The van der Waals surface area contributed by atoms with E-state index in [0.29, 0.717) is 18.0 Å². The van der Waals surface area contributed by atoms with Crippen LogP contribution in [0.15, 0.2) is 54.6 Å². The van der Waals surface area contributed by atoms with E-state index >= 15 is 0 Å². The molecule has 0 N–H and O–H groups in total. The average Bonchev–Trinajstić information content (AvgIpc) is 2.98. The van der Waals surface area contributed by atoms with Crippen molar-refractivity contribution in [2.24, 2.45) is 5.92 Å². The van der Waals surface area contributed by atoms with Gasteiger partial charge in [-0.15, -0.1) is 0 Å². The molecule has 0 spiro atoms. The van der Waals surface area contributed by atoms with Crippen LogP contribution < -0.4 is 4.90 Å². The highest BCUT2D eigenvalue weighted by molar-refractivity contribution is 6.22. The Kier molecular flexibility index (Phi) is 5.08. The van der Waals surface area contributed by atoms with Crippen LogP contribution in [0.4, 0.5) is 5.69 Å². The molecule has 2 saturated heterocycles. The Hall–Kier alpha value is -2.46. The highest BCUT2D eigenvalue weighted by atomic mass is 16.2. The lowest BCUT2D eigenvalue weighted by atomic mass is 9.89. The van der Waals surface area contributed by atoms with E-state index in [1.807, 2.05) is 31.2 Å². The third kappa shape index (κ3) is 3.81. The third-order valence-corrected chi connectivity index (χ3v) is 5.87. The number of amides is 2. The Bertz CT molecular complexity index is 808. The van der Waals surface area contributed by atoms with Crippen LogP contribution >= 0.6 is 0 Å². The summed E-state index contributed by atoms with van der Waals surface area (Å²) in [4.78, 5) is 29.0. The highest BCUT2D eigenvalue weighted by Gasteiger charge is 2.43. The highest BCUT2D eigenvalue weighted by Crippen LogP contribution is 2.29. The van der Waals surface area contributed by atoms with Crippen LogP contribution in [0.2, 0.25) is 0 Å². The Balaban J connectivity index is 1.38. The van der Waals surface area contributed by atoms with Gasteiger partial charge in [0, 0.05) is 0 Å². The van der Waals surface area contributed by atoms with Gasteiger partial charge in [0.25, 0.3) is 5.91 Å². The van der Waals surface area contributed by atoms with Gasteiger partial charge >= 0.3 is 0 Å². The lowest BCUT2D eigenvalue weighted by molar-refractivity contribution is -0.123. The molecule has 0 unspecified atom stereocenters. The zero-order valence-electron chi connectivity index (χ0n) is 15.8. The Labute approximate surface area is 160 Å². The van der Waals surface area contributed by atoms with Crippen molar-refractivity contribution < 1.29 is 9.59 Å². The number of likely N-dealkylation sites (tertiary alicyclic amines) is 1. The van der Waals surface area contributed by atoms with Crippen molar-refractivity contribution in [3.05, 3.63) is 65.7 Å². The van der Waals surface area contributed by atoms with Gasteiger partial charge in [-0.1, -0.05) is 48.0 Å². The predicted molar refractivity (Wildman–Crippen MR) is 107 cm³/mol. The van der Waals surface area contributed by atoms with Crippen LogP contribution in [-0.4, -0.2) is 35.8 Å². The number of rotatable bonds is 4. The molecular formula is C23H26N2O2. The summed E-state index contributed by atoms with van der Waals surface area (Å²) in [6, 6.07) is 17.9. The standard InChI is InChI=1S/C23H26N2O2/c1-17-7-9-20(10-8-17)25-22(26)16-21(23(25)27)24-13-11-19(12-14-24)15-18-5-3-2-4-6-18/h2-10,19,21H,11-16H2,1H3/t21-/m0/s1. The number of nitrogens with zero attached hydrogens (tertiary/aromatic N) is 2. The summed E-state index contributed by atoms with van der Waals surface area (Å²) in [6.07, 6.45) is 3.56.